The van der Waals surface area contributed by atoms with Crippen LogP contribution in [0.4, 0.5) is 4.39 Å². The molecule has 2 rings (SSSR count). The zero-order chi connectivity index (χ0) is 12.4. The largest absolute Gasteiger partial charge is 0.376 e. The Morgan fingerprint density at radius 1 is 1.59 bits per heavy atom. The van der Waals surface area contributed by atoms with E-state index in [9.17, 15) is 4.39 Å². The van der Waals surface area contributed by atoms with Gasteiger partial charge in [0.25, 0.3) is 0 Å². The fraction of sp³-hybridized carbons (Fsp3) is 0.538. The topological polar surface area (TPSA) is 35.2 Å². The third kappa shape index (κ3) is 2.79. The lowest BCUT2D eigenvalue weighted by Crippen LogP contribution is -2.39. The van der Waals surface area contributed by atoms with Gasteiger partial charge in [-0.3, -0.25) is 0 Å². The maximum absolute atomic E-state index is 13.3. The summed E-state index contributed by atoms with van der Waals surface area (Å²) in [7, 11) is 0. The van der Waals surface area contributed by atoms with Crippen LogP contribution in [0.3, 0.4) is 0 Å². The van der Waals surface area contributed by atoms with E-state index in [-0.39, 0.29) is 17.2 Å². The molecule has 3 unspecified atom stereocenters. The van der Waals surface area contributed by atoms with E-state index in [0.717, 1.165) is 18.6 Å². The summed E-state index contributed by atoms with van der Waals surface area (Å²) in [6.07, 6.45) is 1.63. The summed E-state index contributed by atoms with van der Waals surface area (Å²) >= 11 is 5.91. The molecule has 0 radical (unpaired) electrons. The number of rotatable bonds is 3. The second-order valence-corrected chi connectivity index (χ2v) is 5.06. The lowest BCUT2D eigenvalue weighted by molar-refractivity contribution is 0.0726. The van der Waals surface area contributed by atoms with Crippen molar-refractivity contribution in [3.8, 4) is 0 Å². The van der Waals surface area contributed by atoms with Gasteiger partial charge in [0.05, 0.1) is 11.1 Å². The molecule has 1 aliphatic heterocycles. The van der Waals surface area contributed by atoms with Crippen LogP contribution in [0.2, 0.25) is 5.02 Å². The number of ether oxygens (including phenoxy) is 1. The lowest BCUT2D eigenvalue weighted by atomic mass is 9.93. The summed E-state index contributed by atoms with van der Waals surface area (Å²) < 4.78 is 18.9. The SMILES string of the molecule is CC1CCOC1C(N)Cc1cccc(F)c1Cl. The average molecular weight is 258 g/mol. The summed E-state index contributed by atoms with van der Waals surface area (Å²) in [5, 5.41) is 0.175. The Kier molecular flexibility index (Phi) is 4.02. The van der Waals surface area contributed by atoms with Crippen molar-refractivity contribution in [2.24, 2.45) is 11.7 Å². The fourth-order valence-corrected chi connectivity index (χ4v) is 2.54. The molecule has 2 nitrogen and oxygen atoms in total. The zero-order valence-corrected chi connectivity index (χ0v) is 10.6. The Morgan fingerprint density at radius 3 is 3.00 bits per heavy atom. The van der Waals surface area contributed by atoms with Gasteiger partial charge in [0.2, 0.25) is 0 Å². The molecule has 0 spiro atoms. The predicted octanol–water partition coefficient (Wildman–Crippen LogP) is 2.77. The standard InChI is InChI=1S/C13H17ClFNO/c1-8-5-6-17-13(8)11(16)7-9-3-2-4-10(15)12(9)14/h2-4,8,11,13H,5-7,16H2,1H3. The van der Waals surface area contributed by atoms with Crippen LogP contribution in [0.25, 0.3) is 0 Å². The summed E-state index contributed by atoms with van der Waals surface area (Å²) in [6, 6.07) is 4.69. The molecule has 3 atom stereocenters. The molecule has 0 amide bonds. The second-order valence-electron chi connectivity index (χ2n) is 4.68. The van der Waals surface area contributed by atoms with Gasteiger partial charge in [-0.05, 0) is 30.4 Å². The molecule has 1 aliphatic rings. The second kappa shape index (κ2) is 5.34. The van der Waals surface area contributed by atoms with Gasteiger partial charge in [-0.2, -0.15) is 0 Å². The number of nitrogens with two attached hydrogens (primary N) is 1. The first-order chi connectivity index (χ1) is 8.09. The van der Waals surface area contributed by atoms with E-state index >= 15 is 0 Å². The molecule has 1 aromatic carbocycles. The van der Waals surface area contributed by atoms with Crippen molar-refractivity contribution in [2.45, 2.75) is 31.9 Å². The van der Waals surface area contributed by atoms with E-state index in [1.54, 1.807) is 6.07 Å². The van der Waals surface area contributed by atoms with Crippen LogP contribution in [0.5, 0.6) is 0 Å². The normalized spacial score (nSPS) is 26.1. The molecule has 17 heavy (non-hydrogen) atoms. The van der Waals surface area contributed by atoms with Crippen LogP contribution in [0, 0.1) is 11.7 Å². The van der Waals surface area contributed by atoms with Gasteiger partial charge >= 0.3 is 0 Å². The molecule has 1 heterocycles. The molecular weight excluding hydrogens is 241 g/mol. The minimum Gasteiger partial charge on any atom is -0.376 e. The number of hydrogen-bond donors (Lipinski definition) is 1. The minimum atomic E-state index is -0.392. The quantitative estimate of drug-likeness (QED) is 0.904. The van der Waals surface area contributed by atoms with Crippen LogP contribution in [0.1, 0.15) is 18.9 Å². The van der Waals surface area contributed by atoms with E-state index < -0.39 is 5.82 Å². The van der Waals surface area contributed by atoms with Gasteiger partial charge in [0, 0.05) is 12.6 Å². The van der Waals surface area contributed by atoms with Crippen molar-refractivity contribution in [3.63, 3.8) is 0 Å². The minimum absolute atomic E-state index is 0.0503. The third-order valence-electron chi connectivity index (χ3n) is 3.35. The maximum atomic E-state index is 13.3. The van der Waals surface area contributed by atoms with Gasteiger partial charge in [-0.1, -0.05) is 30.7 Å². The highest BCUT2D eigenvalue weighted by molar-refractivity contribution is 6.31. The summed E-state index contributed by atoms with van der Waals surface area (Å²) in [6.45, 7) is 2.89. The summed E-state index contributed by atoms with van der Waals surface area (Å²) in [5.74, 6) is 0.0640. The highest BCUT2D eigenvalue weighted by Gasteiger charge is 2.30. The van der Waals surface area contributed by atoms with E-state index in [1.165, 1.54) is 6.07 Å². The Balaban J connectivity index is 2.07. The number of hydrogen-bond acceptors (Lipinski definition) is 2. The van der Waals surface area contributed by atoms with Crippen molar-refractivity contribution in [1.82, 2.24) is 0 Å². The van der Waals surface area contributed by atoms with Crippen molar-refractivity contribution >= 4 is 11.6 Å². The van der Waals surface area contributed by atoms with Crippen LogP contribution in [0.15, 0.2) is 18.2 Å². The Bertz CT molecular complexity index is 399. The zero-order valence-electron chi connectivity index (χ0n) is 9.83. The first kappa shape index (κ1) is 12.8. The Labute approximate surface area is 106 Å². The van der Waals surface area contributed by atoms with Gasteiger partial charge in [0.15, 0.2) is 0 Å². The molecule has 94 valence electrons. The van der Waals surface area contributed by atoms with Gasteiger partial charge < -0.3 is 10.5 Å². The van der Waals surface area contributed by atoms with Crippen LogP contribution >= 0.6 is 11.6 Å². The first-order valence-corrected chi connectivity index (χ1v) is 6.27. The van der Waals surface area contributed by atoms with Crippen molar-refractivity contribution in [1.29, 1.82) is 0 Å². The molecule has 0 saturated carbocycles. The number of benzene rings is 1. The van der Waals surface area contributed by atoms with Crippen molar-refractivity contribution in [2.75, 3.05) is 6.61 Å². The van der Waals surface area contributed by atoms with Crippen LogP contribution in [-0.2, 0) is 11.2 Å². The molecular formula is C13H17ClFNO. The van der Waals surface area contributed by atoms with Gasteiger partial charge in [-0.15, -0.1) is 0 Å². The molecule has 0 aliphatic carbocycles. The van der Waals surface area contributed by atoms with E-state index in [4.69, 9.17) is 22.1 Å². The monoisotopic (exact) mass is 257 g/mol. The highest BCUT2D eigenvalue weighted by Crippen LogP contribution is 2.26. The van der Waals surface area contributed by atoms with Crippen LogP contribution < -0.4 is 5.73 Å². The average Bonchev–Trinajstić information content (AvgIpc) is 2.71. The third-order valence-corrected chi connectivity index (χ3v) is 3.78. The Morgan fingerprint density at radius 2 is 2.35 bits per heavy atom. The van der Waals surface area contributed by atoms with E-state index in [1.807, 2.05) is 6.07 Å². The summed E-state index contributed by atoms with van der Waals surface area (Å²) in [5.41, 5.74) is 6.87. The first-order valence-electron chi connectivity index (χ1n) is 5.89. The molecule has 0 aromatic heterocycles. The van der Waals surface area contributed by atoms with Gasteiger partial charge in [0.1, 0.15) is 5.82 Å². The Hall–Kier alpha value is -0.640. The summed E-state index contributed by atoms with van der Waals surface area (Å²) in [4.78, 5) is 0. The van der Waals surface area contributed by atoms with Crippen molar-refractivity contribution in [3.05, 3.63) is 34.6 Å². The molecule has 0 bridgehead atoms. The van der Waals surface area contributed by atoms with Crippen molar-refractivity contribution < 1.29 is 9.13 Å². The predicted molar refractivity (Wildman–Crippen MR) is 66.6 cm³/mol. The lowest BCUT2D eigenvalue weighted by Gasteiger charge is -2.22. The molecule has 1 aromatic rings. The van der Waals surface area contributed by atoms with Gasteiger partial charge in [-0.25, -0.2) is 4.39 Å². The van der Waals surface area contributed by atoms with E-state index in [2.05, 4.69) is 6.92 Å². The molecule has 4 heteroatoms. The van der Waals surface area contributed by atoms with Crippen LogP contribution in [-0.4, -0.2) is 18.8 Å². The fourth-order valence-electron chi connectivity index (χ4n) is 2.34. The molecule has 2 N–H and O–H groups in total. The highest BCUT2D eigenvalue weighted by atomic mass is 35.5. The maximum Gasteiger partial charge on any atom is 0.142 e. The smallest absolute Gasteiger partial charge is 0.142 e. The number of halogens is 2. The molecule has 1 fully saturated rings. The van der Waals surface area contributed by atoms with E-state index in [0.29, 0.717) is 12.3 Å². The molecule has 1 saturated heterocycles.